The van der Waals surface area contributed by atoms with Gasteiger partial charge in [0.05, 0.1) is 19.8 Å². The molecule has 3 heteroatoms. The molecule has 1 aliphatic heterocycles. The predicted molar refractivity (Wildman–Crippen MR) is 124 cm³/mol. The SMILES string of the molecule is CCCCCCCCCCCCCCC1(COCc2ccccc2)N=C(C)CO1. The van der Waals surface area contributed by atoms with Gasteiger partial charge in [-0.05, 0) is 25.3 Å². The summed E-state index contributed by atoms with van der Waals surface area (Å²) in [7, 11) is 0. The lowest BCUT2D eigenvalue weighted by molar-refractivity contribution is -0.0771. The minimum Gasteiger partial charge on any atom is -0.372 e. The molecule has 164 valence electrons. The first-order valence-corrected chi connectivity index (χ1v) is 12.0. The Morgan fingerprint density at radius 1 is 0.862 bits per heavy atom. The van der Waals surface area contributed by atoms with Gasteiger partial charge < -0.3 is 9.47 Å². The molecule has 1 unspecified atom stereocenters. The number of hydrogen-bond acceptors (Lipinski definition) is 3. The maximum atomic E-state index is 6.06. The van der Waals surface area contributed by atoms with Crippen LogP contribution in [0.4, 0.5) is 0 Å². The molecule has 0 aliphatic carbocycles. The zero-order valence-corrected chi connectivity index (χ0v) is 19.0. The number of ether oxygens (including phenoxy) is 2. The second-order valence-electron chi connectivity index (χ2n) is 8.70. The maximum Gasteiger partial charge on any atom is 0.182 e. The topological polar surface area (TPSA) is 30.8 Å². The van der Waals surface area contributed by atoms with Crippen molar-refractivity contribution in [2.45, 2.75) is 110 Å². The number of benzene rings is 1. The van der Waals surface area contributed by atoms with Crippen molar-refractivity contribution >= 4 is 5.71 Å². The lowest BCUT2D eigenvalue weighted by Crippen LogP contribution is -2.33. The van der Waals surface area contributed by atoms with Gasteiger partial charge >= 0.3 is 0 Å². The fraction of sp³-hybridized carbons (Fsp3) is 0.731. The molecule has 1 aromatic carbocycles. The van der Waals surface area contributed by atoms with Crippen LogP contribution in [-0.2, 0) is 16.1 Å². The predicted octanol–water partition coefficient (Wildman–Crippen LogP) is 7.48. The molecular weight excluding hydrogens is 358 g/mol. The van der Waals surface area contributed by atoms with E-state index in [0.717, 1.165) is 12.1 Å². The van der Waals surface area contributed by atoms with Gasteiger partial charge in [0.2, 0.25) is 0 Å². The summed E-state index contributed by atoms with van der Waals surface area (Å²) >= 11 is 0. The third kappa shape index (κ3) is 10.4. The molecule has 0 N–H and O–H groups in total. The molecule has 1 atom stereocenters. The summed E-state index contributed by atoms with van der Waals surface area (Å²) in [6.07, 6.45) is 17.4. The zero-order chi connectivity index (χ0) is 20.6. The average molecular weight is 402 g/mol. The Labute approximate surface area is 179 Å². The molecule has 0 amide bonds. The van der Waals surface area contributed by atoms with Crippen LogP contribution in [0.25, 0.3) is 0 Å². The number of hydrogen-bond donors (Lipinski definition) is 0. The summed E-state index contributed by atoms with van der Waals surface area (Å²) in [6, 6.07) is 10.3. The first-order chi connectivity index (χ1) is 14.2. The van der Waals surface area contributed by atoms with E-state index in [1.165, 1.54) is 82.6 Å². The lowest BCUT2D eigenvalue weighted by atomic mass is 10.0. The van der Waals surface area contributed by atoms with Crippen molar-refractivity contribution < 1.29 is 9.47 Å². The van der Waals surface area contributed by atoms with Crippen molar-refractivity contribution in [3.8, 4) is 0 Å². The van der Waals surface area contributed by atoms with Crippen LogP contribution < -0.4 is 0 Å². The van der Waals surface area contributed by atoms with E-state index in [2.05, 4.69) is 38.1 Å². The highest BCUT2D eigenvalue weighted by atomic mass is 16.6. The molecule has 2 rings (SSSR count). The number of rotatable bonds is 17. The molecule has 29 heavy (non-hydrogen) atoms. The Kier molecular flexibility index (Phi) is 12.2. The minimum atomic E-state index is -0.447. The number of unbranched alkanes of at least 4 members (excludes halogenated alkanes) is 11. The zero-order valence-electron chi connectivity index (χ0n) is 19.0. The smallest absolute Gasteiger partial charge is 0.182 e. The van der Waals surface area contributed by atoms with Gasteiger partial charge in [0.25, 0.3) is 0 Å². The largest absolute Gasteiger partial charge is 0.372 e. The lowest BCUT2D eigenvalue weighted by Gasteiger charge is -2.25. The van der Waals surface area contributed by atoms with E-state index >= 15 is 0 Å². The molecule has 0 spiro atoms. The molecule has 0 fully saturated rings. The quantitative estimate of drug-likeness (QED) is 0.253. The third-order valence-electron chi connectivity index (χ3n) is 5.80. The van der Waals surface area contributed by atoms with Crippen LogP contribution in [0.2, 0.25) is 0 Å². The van der Waals surface area contributed by atoms with Gasteiger partial charge in [-0.1, -0.05) is 108 Å². The van der Waals surface area contributed by atoms with Crippen molar-refractivity contribution in [2.75, 3.05) is 13.2 Å². The van der Waals surface area contributed by atoms with E-state index in [9.17, 15) is 0 Å². The van der Waals surface area contributed by atoms with Gasteiger partial charge in [0.15, 0.2) is 5.72 Å². The van der Waals surface area contributed by atoms with E-state index in [0.29, 0.717) is 19.8 Å². The summed E-state index contributed by atoms with van der Waals surface area (Å²) < 4.78 is 12.0. The van der Waals surface area contributed by atoms with Gasteiger partial charge in [-0.25, -0.2) is 0 Å². The third-order valence-corrected chi connectivity index (χ3v) is 5.80. The molecule has 1 aliphatic rings. The molecule has 1 aromatic rings. The van der Waals surface area contributed by atoms with E-state index in [1.54, 1.807) is 0 Å². The Hall–Kier alpha value is -1.19. The Morgan fingerprint density at radius 3 is 2.00 bits per heavy atom. The standard InChI is InChI=1S/C26H43NO2/c1-3-4-5-6-7-8-9-10-11-12-13-17-20-26(27-24(2)21-29-26)23-28-22-25-18-15-14-16-19-25/h14-16,18-19H,3-13,17,20-23H2,1-2H3. The molecular formula is C26H43NO2. The Balaban J connectivity index is 1.54. The van der Waals surface area contributed by atoms with Crippen LogP contribution >= 0.6 is 0 Å². The summed E-state index contributed by atoms with van der Waals surface area (Å²) in [5.41, 5.74) is 1.84. The van der Waals surface area contributed by atoms with Crippen molar-refractivity contribution in [3.63, 3.8) is 0 Å². The molecule has 3 nitrogen and oxygen atoms in total. The van der Waals surface area contributed by atoms with E-state index < -0.39 is 5.72 Å². The average Bonchev–Trinajstić information content (AvgIpc) is 3.10. The molecule has 1 heterocycles. The van der Waals surface area contributed by atoms with Crippen LogP contribution in [0.3, 0.4) is 0 Å². The van der Waals surface area contributed by atoms with Crippen LogP contribution in [0.1, 0.15) is 103 Å². The van der Waals surface area contributed by atoms with E-state index in [1.807, 2.05) is 6.07 Å². The second kappa shape index (κ2) is 14.7. The van der Waals surface area contributed by atoms with Crippen molar-refractivity contribution in [1.82, 2.24) is 0 Å². The Morgan fingerprint density at radius 2 is 1.45 bits per heavy atom. The van der Waals surface area contributed by atoms with Crippen LogP contribution in [0.15, 0.2) is 35.3 Å². The summed E-state index contributed by atoms with van der Waals surface area (Å²) in [5, 5.41) is 0. The summed E-state index contributed by atoms with van der Waals surface area (Å²) in [6.45, 7) is 6.16. The second-order valence-corrected chi connectivity index (χ2v) is 8.70. The van der Waals surface area contributed by atoms with Gasteiger partial charge in [-0.3, -0.25) is 4.99 Å². The molecule has 0 saturated heterocycles. The maximum absolute atomic E-state index is 6.06. The molecule has 0 radical (unpaired) electrons. The summed E-state index contributed by atoms with van der Waals surface area (Å²) in [4.78, 5) is 4.81. The van der Waals surface area contributed by atoms with Crippen LogP contribution in [-0.4, -0.2) is 24.7 Å². The van der Waals surface area contributed by atoms with Gasteiger partial charge in [-0.2, -0.15) is 0 Å². The van der Waals surface area contributed by atoms with Crippen molar-refractivity contribution in [3.05, 3.63) is 35.9 Å². The Bertz CT molecular complexity index is 557. The normalized spacial score (nSPS) is 18.9. The van der Waals surface area contributed by atoms with E-state index in [4.69, 9.17) is 14.5 Å². The molecule has 0 saturated carbocycles. The summed E-state index contributed by atoms with van der Waals surface area (Å²) in [5.74, 6) is 0. The fourth-order valence-electron chi connectivity index (χ4n) is 4.07. The van der Waals surface area contributed by atoms with Gasteiger partial charge in [-0.15, -0.1) is 0 Å². The highest BCUT2D eigenvalue weighted by Crippen LogP contribution is 2.27. The highest BCUT2D eigenvalue weighted by molar-refractivity contribution is 5.84. The first-order valence-electron chi connectivity index (χ1n) is 12.0. The monoisotopic (exact) mass is 401 g/mol. The highest BCUT2D eigenvalue weighted by Gasteiger charge is 2.34. The number of aliphatic imine (C=N–C) groups is 1. The van der Waals surface area contributed by atoms with Crippen LogP contribution in [0, 0.1) is 0 Å². The number of nitrogens with zero attached hydrogens (tertiary/aromatic N) is 1. The molecule has 0 bridgehead atoms. The first kappa shape index (κ1) is 24.1. The fourth-order valence-corrected chi connectivity index (χ4v) is 4.07. The molecule has 0 aromatic heterocycles. The van der Waals surface area contributed by atoms with E-state index in [-0.39, 0.29) is 0 Å². The van der Waals surface area contributed by atoms with Crippen molar-refractivity contribution in [1.29, 1.82) is 0 Å². The van der Waals surface area contributed by atoms with Crippen molar-refractivity contribution in [2.24, 2.45) is 4.99 Å². The van der Waals surface area contributed by atoms with Gasteiger partial charge in [0.1, 0.15) is 0 Å². The van der Waals surface area contributed by atoms with Gasteiger partial charge in [0, 0.05) is 5.71 Å². The minimum absolute atomic E-state index is 0.447. The van der Waals surface area contributed by atoms with Crippen LogP contribution in [0.5, 0.6) is 0 Å².